The van der Waals surface area contributed by atoms with Gasteiger partial charge in [-0.2, -0.15) is 0 Å². The second-order valence-corrected chi connectivity index (χ2v) is 11.2. The van der Waals surface area contributed by atoms with Crippen LogP contribution in [0.3, 0.4) is 0 Å². The maximum absolute atomic E-state index is 2.44. The molecular weight excluding hydrogens is 340 g/mol. The van der Waals surface area contributed by atoms with Gasteiger partial charge in [-0.25, -0.2) is 0 Å². The lowest BCUT2D eigenvalue weighted by atomic mass is 9.86. The fraction of sp³-hybridized carbons (Fsp3) is 0.385. The molecule has 0 atom stereocenters. The molecule has 1 aliphatic carbocycles. The Labute approximate surface area is 168 Å². The van der Waals surface area contributed by atoms with Crippen molar-refractivity contribution in [3.63, 3.8) is 0 Å². The highest BCUT2D eigenvalue weighted by Gasteiger charge is 2.41. The van der Waals surface area contributed by atoms with Crippen molar-refractivity contribution in [1.29, 1.82) is 0 Å². The first-order chi connectivity index (χ1) is 12.7. The van der Waals surface area contributed by atoms with Crippen LogP contribution >= 0.6 is 0 Å². The van der Waals surface area contributed by atoms with Crippen LogP contribution in [0.5, 0.6) is 0 Å². The highest BCUT2D eigenvalue weighted by Crippen LogP contribution is 2.54. The van der Waals surface area contributed by atoms with Crippen LogP contribution < -0.4 is 5.19 Å². The highest BCUT2D eigenvalue weighted by atomic mass is 28.2. The van der Waals surface area contributed by atoms with Gasteiger partial charge in [0, 0.05) is 5.04 Å². The average Bonchev–Trinajstić information content (AvgIpc) is 2.74. The summed E-state index contributed by atoms with van der Waals surface area (Å²) in [6.45, 7) is 18.5. The summed E-state index contributed by atoms with van der Waals surface area (Å²) in [5.74, 6) is 0. The molecule has 0 bridgehead atoms. The second-order valence-electron chi connectivity index (χ2n) is 8.79. The van der Waals surface area contributed by atoms with Crippen LogP contribution in [0.15, 0.2) is 58.7 Å². The van der Waals surface area contributed by atoms with E-state index >= 15 is 0 Å². The molecule has 1 heteroatoms. The first kappa shape index (κ1) is 19.9. The van der Waals surface area contributed by atoms with Crippen molar-refractivity contribution in [2.24, 2.45) is 0 Å². The fourth-order valence-corrected chi connectivity index (χ4v) is 8.00. The minimum Gasteiger partial charge on any atom is -0.0650 e. The molecule has 0 amide bonds. The van der Waals surface area contributed by atoms with Crippen LogP contribution in [-0.4, -0.2) is 9.52 Å². The van der Waals surface area contributed by atoms with E-state index in [0.717, 1.165) is 6.42 Å². The first-order valence-corrected chi connectivity index (χ1v) is 11.6. The van der Waals surface area contributed by atoms with Gasteiger partial charge in [0.25, 0.3) is 0 Å². The maximum Gasteiger partial charge on any atom is 0.0713 e. The predicted octanol–water partition coefficient (Wildman–Crippen LogP) is 5.80. The Kier molecular flexibility index (Phi) is 5.36. The van der Waals surface area contributed by atoms with E-state index in [4.69, 9.17) is 0 Å². The van der Waals surface area contributed by atoms with Crippen LogP contribution in [0.1, 0.15) is 55.5 Å². The third-order valence-electron chi connectivity index (χ3n) is 7.12. The molecule has 142 valence electrons. The molecule has 0 unspecified atom stereocenters. The van der Waals surface area contributed by atoms with Gasteiger partial charge in [0.2, 0.25) is 0 Å². The van der Waals surface area contributed by atoms with Crippen molar-refractivity contribution in [2.45, 2.75) is 66.8 Å². The van der Waals surface area contributed by atoms with Gasteiger partial charge >= 0.3 is 0 Å². The molecule has 3 rings (SSSR count). The van der Waals surface area contributed by atoms with Crippen LogP contribution in [-0.2, 0) is 6.42 Å². The molecule has 2 aromatic carbocycles. The zero-order chi connectivity index (χ0) is 19.9. The average molecular weight is 375 g/mol. The minimum absolute atomic E-state index is 0.229. The maximum atomic E-state index is 2.44. The van der Waals surface area contributed by atoms with Gasteiger partial charge in [0.15, 0.2) is 0 Å². The van der Waals surface area contributed by atoms with Crippen molar-refractivity contribution in [1.82, 2.24) is 0 Å². The van der Waals surface area contributed by atoms with E-state index in [2.05, 4.69) is 91.8 Å². The number of hydrogen-bond acceptors (Lipinski definition) is 0. The summed E-state index contributed by atoms with van der Waals surface area (Å²) < 4.78 is 0. The van der Waals surface area contributed by atoms with E-state index < -0.39 is 9.52 Å². The van der Waals surface area contributed by atoms with E-state index in [1.165, 1.54) is 39.0 Å². The minimum atomic E-state index is -0.531. The van der Waals surface area contributed by atoms with E-state index in [0.29, 0.717) is 0 Å². The quantitative estimate of drug-likeness (QED) is 0.593. The summed E-state index contributed by atoms with van der Waals surface area (Å²) in [4.78, 5) is 0. The Morgan fingerprint density at radius 1 is 0.741 bits per heavy atom. The molecule has 0 fully saturated rings. The topological polar surface area (TPSA) is 0 Å². The molecule has 27 heavy (non-hydrogen) atoms. The van der Waals surface area contributed by atoms with E-state index in [1.807, 2.05) is 0 Å². The molecule has 0 aliphatic heterocycles. The SMILES string of the molecule is CC1=C(C)C(Cc2cccc(C)c2C)([SiH2]c2cc(C)cc(C)c2)C(C)=C1C. The highest BCUT2D eigenvalue weighted by molar-refractivity contribution is 6.59. The monoisotopic (exact) mass is 374 g/mol. The number of rotatable bonds is 4. The molecule has 0 spiro atoms. The third kappa shape index (κ3) is 3.50. The Morgan fingerprint density at radius 2 is 1.30 bits per heavy atom. The van der Waals surface area contributed by atoms with Gasteiger partial charge in [-0.15, -0.1) is 0 Å². The lowest BCUT2D eigenvalue weighted by Gasteiger charge is -2.35. The van der Waals surface area contributed by atoms with Crippen LogP contribution in [0.4, 0.5) is 0 Å². The van der Waals surface area contributed by atoms with E-state index in [9.17, 15) is 0 Å². The van der Waals surface area contributed by atoms with Crippen LogP contribution in [0.2, 0.25) is 5.04 Å². The van der Waals surface area contributed by atoms with Gasteiger partial charge in [0.1, 0.15) is 0 Å². The van der Waals surface area contributed by atoms with Crippen molar-refractivity contribution >= 4 is 14.7 Å². The molecular formula is C26H34Si. The van der Waals surface area contributed by atoms with Crippen LogP contribution in [0, 0.1) is 27.7 Å². The normalized spacial score (nSPS) is 16.9. The largest absolute Gasteiger partial charge is 0.0713 e. The van der Waals surface area contributed by atoms with Gasteiger partial charge in [-0.1, -0.05) is 63.9 Å². The Bertz CT molecular complexity index is 912. The van der Waals surface area contributed by atoms with Gasteiger partial charge in [-0.3, -0.25) is 0 Å². The summed E-state index contributed by atoms with van der Waals surface area (Å²) >= 11 is 0. The summed E-state index contributed by atoms with van der Waals surface area (Å²) in [6, 6.07) is 14.0. The number of benzene rings is 2. The number of allylic oxidation sites excluding steroid dienone is 4. The van der Waals surface area contributed by atoms with Crippen molar-refractivity contribution < 1.29 is 0 Å². The van der Waals surface area contributed by atoms with Gasteiger partial charge < -0.3 is 0 Å². The Balaban J connectivity index is 2.15. The molecule has 0 saturated heterocycles. The standard InChI is InChI=1S/C26H34Si/c1-16-12-17(2)14-25(13-16)27-26(22(7)20(5)21(6)23(26)8)15-24-11-9-10-18(3)19(24)4/h9-14H,15,27H2,1-8H3. The molecule has 1 aliphatic rings. The molecule has 0 N–H and O–H groups in total. The molecule has 0 nitrogen and oxygen atoms in total. The smallest absolute Gasteiger partial charge is 0.0650 e. The molecule has 0 heterocycles. The van der Waals surface area contributed by atoms with E-state index in [-0.39, 0.29) is 5.04 Å². The molecule has 0 aromatic heterocycles. The third-order valence-corrected chi connectivity index (χ3v) is 9.85. The van der Waals surface area contributed by atoms with Crippen LogP contribution in [0.25, 0.3) is 0 Å². The second kappa shape index (κ2) is 7.28. The number of hydrogen-bond donors (Lipinski definition) is 0. The summed E-state index contributed by atoms with van der Waals surface area (Å²) in [7, 11) is -0.531. The van der Waals surface area contributed by atoms with Gasteiger partial charge in [-0.05, 0) is 89.6 Å². The zero-order valence-corrected chi connectivity index (χ0v) is 19.8. The first-order valence-electron chi connectivity index (χ1n) is 10.1. The summed E-state index contributed by atoms with van der Waals surface area (Å²) in [6.07, 6.45) is 1.14. The Morgan fingerprint density at radius 3 is 1.85 bits per heavy atom. The van der Waals surface area contributed by atoms with Gasteiger partial charge in [0.05, 0.1) is 9.52 Å². The summed E-state index contributed by atoms with van der Waals surface area (Å²) in [5.41, 5.74) is 13.5. The predicted molar refractivity (Wildman–Crippen MR) is 123 cm³/mol. The molecule has 2 aromatic rings. The van der Waals surface area contributed by atoms with Crippen molar-refractivity contribution in [3.8, 4) is 0 Å². The number of aryl methyl sites for hydroxylation is 3. The fourth-order valence-electron chi connectivity index (χ4n) is 5.00. The van der Waals surface area contributed by atoms with Crippen molar-refractivity contribution in [2.75, 3.05) is 0 Å². The summed E-state index contributed by atoms with van der Waals surface area (Å²) in [5, 5.41) is 1.83. The van der Waals surface area contributed by atoms with E-state index in [1.54, 1.807) is 16.3 Å². The van der Waals surface area contributed by atoms with Crippen molar-refractivity contribution in [3.05, 3.63) is 86.5 Å². The Hall–Kier alpha value is -1.86. The zero-order valence-electron chi connectivity index (χ0n) is 18.4. The lowest BCUT2D eigenvalue weighted by molar-refractivity contribution is 0.732. The molecule has 0 radical (unpaired) electrons. The lowest BCUT2D eigenvalue weighted by Crippen LogP contribution is -2.33. The molecule has 0 saturated carbocycles.